The molecule has 0 radical (unpaired) electrons. The SMILES string of the molecule is COc1cccc(C2CCCN2)c1OC1CCSC1. The van der Waals surface area contributed by atoms with Crippen LogP contribution in [0.1, 0.15) is 30.9 Å². The normalized spacial score (nSPS) is 26.6. The second-order valence-electron chi connectivity index (χ2n) is 5.13. The first-order valence-electron chi connectivity index (χ1n) is 7.03. The maximum atomic E-state index is 6.26. The number of thioether (sulfide) groups is 1. The predicted molar refractivity (Wildman–Crippen MR) is 79.3 cm³/mol. The molecule has 1 aromatic carbocycles. The standard InChI is InChI=1S/C15H21NO2S/c1-17-14-6-2-4-12(13-5-3-8-16-13)15(14)18-11-7-9-19-10-11/h2,4,6,11,13,16H,3,5,7-10H2,1H3. The third-order valence-electron chi connectivity index (χ3n) is 3.84. The van der Waals surface area contributed by atoms with Gasteiger partial charge in [-0.05, 0) is 37.6 Å². The van der Waals surface area contributed by atoms with Gasteiger partial charge in [-0.3, -0.25) is 0 Å². The summed E-state index contributed by atoms with van der Waals surface area (Å²) in [5, 5.41) is 3.55. The summed E-state index contributed by atoms with van der Waals surface area (Å²) >= 11 is 1.97. The molecule has 1 aromatic rings. The van der Waals surface area contributed by atoms with Crippen LogP contribution in [0.2, 0.25) is 0 Å². The Morgan fingerprint density at radius 1 is 1.32 bits per heavy atom. The van der Waals surface area contributed by atoms with Gasteiger partial charge in [0.15, 0.2) is 11.5 Å². The summed E-state index contributed by atoms with van der Waals surface area (Å²) in [6.07, 6.45) is 3.89. The van der Waals surface area contributed by atoms with Crippen LogP contribution < -0.4 is 14.8 Å². The highest BCUT2D eigenvalue weighted by molar-refractivity contribution is 7.99. The molecule has 1 N–H and O–H groups in total. The lowest BCUT2D eigenvalue weighted by molar-refractivity contribution is 0.214. The molecule has 2 aliphatic rings. The number of hydrogen-bond donors (Lipinski definition) is 1. The molecule has 3 nitrogen and oxygen atoms in total. The smallest absolute Gasteiger partial charge is 0.166 e. The Bertz CT molecular complexity index is 426. The van der Waals surface area contributed by atoms with E-state index in [9.17, 15) is 0 Å². The minimum absolute atomic E-state index is 0.335. The highest BCUT2D eigenvalue weighted by atomic mass is 32.2. The molecule has 0 bridgehead atoms. The largest absolute Gasteiger partial charge is 0.493 e. The number of methoxy groups -OCH3 is 1. The number of rotatable bonds is 4. The lowest BCUT2D eigenvalue weighted by atomic mass is 10.0. The molecule has 4 heteroatoms. The van der Waals surface area contributed by atoms with Crippen LogP contribution in [0.3, 0.4) is 0 Å². The van der Waals surface area contributed by atoms with E-state index in [1.54, 1.807) is 7.11 Å². The highest BCUT2D eigenvalue weighted by Crippen LogP contribution is 2.39. The average Bonchev–Trinajstić information content (AvgIpc) is 3.11. The first-order valence-corrected chi connectivity index (χ1v) is 8.18. The Hall–Kier alpha value is -0.870. The second kappa shape index (κ2) is 6.06. The van der Waals surface area contributed by atoms with Crippen molar-refractivity contribution in [2.75, 3.05) is 25.2 Å². The van der Waals surface area contributed by atoms with Crippen LogP contribution in [0, 0.1) is 0 Å². The molecule has 2 fully saturated rings. The summed E-state index contributed by atoms with van der Waals surface area (Å²) < 4.78 is 11.8. The fourth-order valence-electron chi connectivity index (χ4n) is 2.82. The Balaban J connectivity index is 1.88. The van der Waals surface area contributed by atoms with E-state index < -0.39 is 0 Å². The molecular weight excluding hydrogens is 258 g/mol. The van der Waals surface area contributed by atoms with Crippen LogP contribution in [0.4, 0.5) is 0 Å². The average molecular weight is 279 g/mol. The summed E-state index contributed by atoms with van der Waals surface area (Å²) in [5.74, 6) is 4.12. The summed E-state index contributed by atoms with van der Waals surface area (Å²) in [7, 11) is 1.72. The van der Waals surface area contributed by atoms with Crippen molar-refractivity contribution < 1.29 is 9.47 Å². The number of hydrogen-bond acceptors (Lipinski definition) is 4. The monoisotopic (exact) mass is 279 g/mol. The van der Waals surface area contributed by atoms with Gasteiger partial charge in [-0.1, -0.05) is 12.1 Å². The van der Waals surface area contributed by atoms with E-state index in [1.165, 1.54) is 24.2 Å². The number of benzene rings is 1. The summed E-state index contributed by atoms with van der Waals surface area (Å²) in [5.41, 5.74) is 1.26. The van der Waals surface area contributed by atoms with Crippen molar-refractivity contribution in [1.82, 2.24) is 5.32 Å². The first-order chi connectivity index (χ1) is 9.38. The minimum atomic E-state index is 0.335. The molecule has 2 atom stereocenters. The van der Waals surface area contributed by atoms with E-state index in [0.29, 0.717) is 12.1 Å². The molecule has 0 saturated carbocycles. The Labute approximate surface area is 119 Å². The molecule has 0 aromatic heterocycles. The summed E-state index contributed by atoms with van der Waals surface area (Å²) in [6, 6.07) is 6.64. The number of nitrogens with one attached hydrogen (secondary N) is 1. The topological polar surface area (TPSA) is 30.5 Å². The molecular formula is C15H21NO2S. The third kappa shape index (κ3) is 2.84. The van der Waals surface area contributed by atoms with Crippen LogP contribution in [-0.2, 0) is 0 Å². The van der Waals surface area contributed by atoms with Gasteiger partial charge < -0.3 is 14.8 Å². The summed E-state index contributed by atoms with van der Waals surface area (Å²) in [4.78, 5) is 0. The van der Waals surface area contributed by atoms with Crippen molar-refractivity contribution in [1.29, 1.82) is 0 Å². The van der Waals surface area contributed by atoms with E-state index in [0.717, 1.165) is 30.2 Å². The Morgan fingerprint density at radius 3 is 2.95 bits per heavy atom. The molecule has 0 aliphatic carbocycles. The number of para-hydroxylation sites is 1. The van der Waals surface area contributed by atoms with Crippen molar-refractivity contribution in [2.24, 2.45) is 0 Å². The molecule has 2 heterocycles. The van der Waals surface area contributed by atoms with Crippen molar-refractivity contribution in [3.05, 3.63) is 23.8 Å². The van der Waals surface area contributed by atoms with Crippen molar-refractivity contribution in [3.8, 4) is 11.5 Å². The van der Waals surface area contributed by atoms with Crippen molar-refractivity contribution in [3.63, 3.8) is 0 Å². The van der Waals surface area contributed by atoms with Gasteiger partial charge in [-0.25, -0.2) is 0 Å². The van der Waals surface area contributed by atoms with E-state index in [1.807, 2.05) is 17.8 Å². The highest BCUT2D eigenvalue weighted by Gasteiger charge is 2.25. The van der Waals surface area contributed by atoms with Gasteiger partial charge in [0, 0.05) is 17.4 Å². The van der Waals surface area contributed by atoms with Crippen LogP contribution in [0.5, 0.6) is 11.5 Å². The second-order valence-corrected chi connectivity index (χ2v) is 6.28. The molecule has 0 spiro atoms. The Kier molecular flexibility index (Phi) is 4.18. The van der Waals surface area contributed by atoms with E-state index in [-0.39, 0.29) is 0 Å². The lowest BCUT2D eigenvalue weighted by Gasteiger charge is -2.21. The van der Waals surface area contributed by atoms with Gasteiger partial charge in [-0.15, -0.1) is 0 Å². The van der Waals surface area contributed by atoms with Crippen LogP contribution >= 0.6 is 11.8 Å². The van der Waals surface area contributed by atoms with Gasteiger partial charge in [0.25, 0.3) is 0 Å². The minimum Gasteiger partial charge on any atom is -0.493 e. The maximum absolute atomic E-state index is 6.26. The number of ether oxygens (including phenoxy) is 2. The zero-order valence-electron chi connectivity index (χ0n) is 11.4. The maximum Gasteiger partial charge on any atom is 0.166 e. The van der Waals surface area contributed by atoms with Gasteiger partial charge >= 0.3 is 0 Å². The Morgan fingerprint density at radius 2 is 2.26 bits per heavy atom. The van der Waals surface area contributed by atoms with Gasteiger partial charge in [0.1, 0.15) is 6.10 Å². The molecule has 0 amide bonds. The molecule has 19 heavy (non-hydrogen) atoms. The zero-order chi connectivity index (χ0) is 13.1. The van der Waals surface area contributed by atoms with Crippen molar-refractivity contribution in [2.45, 2.75) is 31.4 Å². The van der Waals surface area contributed by atoms with Gasteiger partial charge in [0.2, 0.25) is 0 Å². The summed E-state index contributed by atoms with van der Waals surface area (Å²) in [6.45, 7) is 1.10. The molecule has 2 saturated heterocycles. The van der Waals surface area contributed by atoms with Crippen LogP contribution in [0.25, 0.3) is 0 Å². The van der Waals surface area contributed by atoms with Gasteiger partial charge in [0.05, 0.1) is 7.11 Å². The fourth-order valence-corrected chi connectivity index (χ4v) is 3.91. The third-order valence-corrected chi connectivity index (χ3v) is 4.97. The van der Waals surface area contributed by atoms with Crippen LogP contribution in [0.15, 0.2) is 18.2 Å². The molecule has 2 aliphatic heterocycles. The van der Waals surface area contributed by atoms with E-state index in [4.69, 9.17) is 9.47 Å². The first kappa shape index (κ1) is 13.1. The lowest BCUT2D eigenvalue weighted by Crippen LogP contribution is -2.19. The molecule has 2 unspecified atom stereocenters. The fraction of sp³-hybridized carbons (Fsp3) is 0.600. The molecule has 104 valence electrons. The molecule has 3 rings (SSSR count). The quantitative estimate of drug-likeness (QED) is 0.918. The van der Waals surface area contributed by atoms with Crippen molar-refractivity contribution >= 4 is 11.8 Å². The van der Waals surface area contributed by atoms with E-state index >= 15 is 0 Å². The van der Waals surface area contributed by atoms with Gasteiger partial charge in [-0.2, -0.15) is 11.8 Å². The predicted octanol–water partition coefficient (Wildman–Crippen LogP) is 3.00. The van der Waals surface area contributed by atoms with E-state index in [2.05, 4.69) is 17.4 Å². The zero-order valence-corrected chi connectivity index (χ0v) is 12.2. The van der Waals surface area contributed by atoms with Crippen LogP contribution in [-0.4, -0.2) is 31.3 Å².